The summed E-state index contributed by atoms with van der Waals surface area (Å²) < 4.78 is 11.3. The summed E-state index contributed by atoms with van der Waals surface area (Å²) in [6.45, 7) is 3.86. The molecule has 1 heterocycles. The van der Waals surface area contributed by atoms with Gasteiger partial charge in [-0.3, -0.25) is 4.79 Å². The third-order valence-electron chi connectivity index (χ3n) is 19.9. The number of hydrogen-bond acceptors (Lipinski definition) is 8. The quantitative estimate of drug-likeness (QED) is 0.0261. The highest BCUT2D eigenvalue weighted by atomic mass is 16.7. The van der Waals surface area contributed by atoms with Gasteiger partial charge in [-0.1, -0.05) is 424 Å². The average Bonchev–Trinajstić information content (AvgIpc) is 3.72. The maximum atomic E-state index is 13.2. The third-order valence-corrected chi connectivity index (χ3v) is 19.9. The van der Waals surface area contributed by atoms with Gasteiger partial charge in [0.2, 0.25) is 5.91 Å². The van der Waals surface area contributed by atoms with Gasteiger partial charge in [-0.25, -0.2) is 0 Å². The van der Waals surface area contributed by atoms with Gasteiger partial charge >= 0.3 is 0 Å². The number of hydrogen-bond donors (Lipinski definition) is 6. The number of aliphatic hydroxyl groups is 5. The van der Waals surface area contributed by atoms with Crippen LogP contribution in [0.5, 0.6) is 0 Å². The summed E-state index contributed by atoms with van der Waals surface area (Å²) in [4.78, 5) is 13.2. The monoisotopic (exact) mass is 1260 g/mol. The second-order valence-electron chi connectivity index (χ2n) is 28.6. The number of amides is 1. The fraction of sp³-hybridized carbons (Fsp3) is 0.963. The van der Waals surface area contributed by atoms with Gasteiger partial charge in [0.25, 0.3) is 0 Å². The van der Waals surface area contributed by atoms with E-state index >= 15 is 0 Å². The molecule has 1 fully saturated rings. The van der Waals surface area contributed by atoms with Gasteiger partial charge in [0.1, 0.15) is 24.4 Å². The van der Waals surface area contributed by atoms with Crippen LogP contribution in [0.2, 0.25) is 0 Å². The average molecular weight is 1260 g/mol. The van der Waals surface area contributed by atoms with Gasteiger partial charge < -0.3 is 40.3 Å². The zero-order valence-electron chi connectivity index (χ0n) is 59.7. The van der Waals surface area contributed by atoms with Crippen molar-refractivity contribution in [3.8, 4) is 0 Å². The zero-order chi connectivity index (χ0) is 64.2. The van der Waals surface area contributed by atoms with E-state index in [1.807, 2.05) is 6.08 Å². The van der Waals surface area contributed by atoms with Crippen LogP contribution in [0.25, 0.3) is 0 Å². The van der Waals surface area contributed by atoms with Gasteiger partial charge in [0.15, 0.2) is 6.29 Å². The Bertz CT molecular complexity index is 1410. The van der Waals surface area contributed by atoms with Gasteiger partial charge in [0, 0.05) is 6.42 Å². The highest BCUT2D eigenvalue weighted by molar-refractivity contribution is 5.76. The Morgan fingerprint density at radius 3 is 0.876 bits per heavy atom. The highest BCUT2D eigenvalue weighted by Gasteiger charge is 2.44. The second-order valence-corrected chi connectivity index (χ2v) is 28.6. The normalized spacial score (nSPS) is 17.8. The number of unbranched alkanes of at least 4 members (excludes halogenated alkanes) is 63. The molecule has 0 saturated carbocycles. The molecular formula is C80H157NO8. The topological polar surface area (TPSA) is 149 Å². The third kappa shape index (κ3) is 58.1. The van der Waals surface area contributed by atoms with Crippen LogP contribution in [0.1, 0.15) is 438 Å². The molecular weight excluding hydrogens is 1100 g/mol. The van der Waals surface area contributed by atoms with Crippen molar-refractivity contribution in [2.45, 2.75) is 480 Å². The van der Waals surface area contributed by atoms with Crippen LogP contribution in [-0.4, -0.2) is 87.5 Å². The fourth-order valence-corrected chi connectivity index (χ4v) is 13.6. The Morgan fingerprint density at radius 2 is 0.618 bits per heavy atom. The van der Waals surface area contributed by atoms with Gasteiger partial charge in [-0.05, 0) is 19.3 Å². The van der Waals surface area contributed by atoms with Crippen molar-refractivity contribution < 1.29 is 39.8 Å². The van der Waals surface area contributed by atoms with Crippen molar-refractivity contribution in [2.75, 3.05) is 13.2 Å². The maximum absolute atomic E-state index is 13.2. The molecule has 89 heavy (non-hydrogen) atoms. The molecule has 1 rings (SSSR count). The number of carbonyl (C=O) groups is 1. The number of allylic oxidation sites excluding steroid dienone is 1. The van der Waals surface area contributed by atoms with Crippen molar-refractivity contribution in [1.82, 2.24) is 5.32 Å². The van der Waals surface area contributed by atoms with Crippen molar-refractivity contribution in [3.05, 3.63) is 12.2 Å². The Labute approximate surface area is 554 Å². The molecule has 7 atom stereocenters. The summed E-state index contributed by atoms with van der Waals surface area (Å²) in [5, 5.41) is 54.9. The summed E-state index contributed by atoms with van der Waals surface area (Å²) in [7, 11) is 0. The molecule has 0 aromatic heterocycles. The second kappa shape index (κ2) is 69.8. The first-order chi connectivity index (χ1) is 43.8. The molecule has 7 unspecified atom stereocenters. The molecule has 0 spiro atoms. The lowest BCUT2D eigenvalue weighted by Gasteiger charge is -2.40. The van der Waals surface area contributed by atoms with Gasteiger partial charge in [0.05, 0.1) is 25.4 Å². The molecule has 0 bridgehead atoms. The predicted molar refractivity (Wildman–Crippen MR) is 383 cm³/mol. The molecule has 9 nitrogen and oxygen atoms in total. The summed E-state index contributed by atoms with van der Waals surface area (Å²) in [5.74, 6) is -0.165. The van der Waals surface area contributed by atoms with Crippen LogP contribution >= 0.6 is 0 Å². The lowest BCUT2D eigenvalue weighted by molar-refractivity contribution is -0.302. The Morgan fingerprint density at radius 1 is 0.371 bits per heavy atom. The van der Waals surface area contributed by atoms with Crippen molar-refractivity contribution in [3.63, 3.8) is 0 Å². The van der Waals surface area contributed by atoms with E-state index in [0.29, 0.717) is 6.42 Å². The molecule has 9 heteroatoms. The van der Waals surface area contributed by atoms with Crippen LogP contribution in [-0.2, 0) is 14.3 Å². The fourth-order valence-electron chi connectivity index (χ4n) is 13.6. The summed E-state index contributed by atoms with van der Waals surface area (Å²) in [6, 6.07) is -0.803. The van der Waals surface area contributed by atoms with Crippen molar-refractivity contribution in [2.24, 2.45) is 0 Å². The molecule has 0 aromatic rings. The molecule has 530 valence electrons. The van der Waals surface area contributed by atoms with Crippen LogP contribution in [0, 0.1) is 0 Å². The zero-order valence-corrected chi connectivity index (χ0v) is 59.7. The van der Waals surface area contributed by atoms with E-state index in [-0.39, 0.29) is 12.5 Å². The van der Waals surface area contributed by atoms with E-state index in [1.54, 1.807) is 6.08 Å². The van der Waals surface area contributed by atoms with E-state index in [2.05, 4.69) is 19.2 Å². The Hall–Kier alpha value is -1.07. The largest absolute Gasteiger partial charge is 0.394 e. The first-order valence-electron chi connectivity index (χ1n) is 40.4. The minimum absolute atomic E-state index is 0.165. The van der Waals surface area contributed by atoms with E-state index in [1.165, 1.54) is 379 Å². The first kappa shape index (κ1) is 85.9. The molecule has 1 aliphatic rings. The van der Waals surface area contributed by atoms with Crippen LogP contribution < -0.4 is 5.32 Å². The molecule has 1 amide bonds. The number of carbonyl (C=O) groups excluding carboxylic acids is 1. The summed E-state index contributed by atoms with van der Waals surface area (Å²) in [6.07, 6.45) is 85.2. The predicted octanol–water partition coefficient (Wildman–Crippen LogP) is 23.0. The Kier molecular flexibility index (Phi) is 67.4. The summed E-state index contributed by atoms with van der Waals surface area (Å²) in [5.41, 5.74) is 0. The van der Waals surface area contributed by atoms with Crippen LogP contribution in [0.4, 0.5) is 0 Å². The van der Waals surface area contributed by atoms with E-state index in [9.17, 15) is 30.3 Å². The van der Waals surface area contributed by atoms with Gasteiger partial charge in [-0.2, -0.15) is 0 Å². The Balaban J connectivity index is 2.03. The van der Waals surface area contributed by atoms with Crippen LogP contribution in [0.15, 0.2) is 12.2 Å². The summed E-state index contributed by atoms with van der Waals surface area (Å²) >= 11 is 0. The number of ether oxygens (including phenoxy) is 2. The van der Waals surface area contributed by atoms with E-state index < -0.39 is 49.5 Å². The molecule has 1 aliphatic heterocycles. The van der Waals surface area contributed by atoms with Crippen LogP contribution in [0.3, 0.4) is 0 Å². The molecule has 6 N–H and O–H groups in total. The number of rotatable bonds is 73. The molecule has 0 radical (unpaired) electrons. The van der Waals surface area contributed by atoms with E-state index in [0.717, 1.165) is 38.5 Å². The van der Waals surface area contributed by atoms with E-state index in [4.69, 9.17) is 9.47 Å². The minimum atomic E-state index is -1.57. The minimum Gasteiger partial charge on any atom is -0.394 e. The van der Waals surface area contributed by atoms with Crippen molar-refractivity contribution >= 4 is 5.91 Å². The molecule has 1 saturated heterocycles. The molecule has 0 aliphatic carbocycles. The van der Waals surface area contributed by atoms with Gasteiger partial charge in [-0.15, -0.1) is 0 Å². The molecule has 0 aromatic carbocycles. The lowest BCUT2D eigenvalue weighted by atomic mass is 9.99. The standard InChI is InChI=1S/C80H157NO8/c1-3-5-7-9-11-13-15-17-19-21-23-25-27-29-31-32-33-34-35-36-37-38-39-40-41-42-44-46-48-50-52-54-56-58-60-62-64-66-68-70-76(84)81-73(72-88-80-79(87)78(86)77(85)75(71-82)89-80)74(83)69-67-65-63-61-59-57-55-53-51-49-47-45-43-30-28-26-24-22-20-18-16-14-12-10-8-6-4-2/h67,69,73-75,77-80,82-83,85-87H,3-66,68,70-72H2,1-2H3,(H,81,84)/b69-67+. The maximum Gasteiger partial charge on any atom is 0.220 e. The number of aliphatic hydroxyl groups excluding tert-OH is 5. The SMILES string of the molecule is CCCCCCCCCCCCCCCCCCCCCCCCCCC/C=C/C(O)C(COC1OC(CO)C(O)C(O)C1O)NC(=O)CCCCCCCCCCCCCCCCCCCCCCCCCCCCCCCCCCCCCCCCC. The first-order valence-corrected chi connectivity index (χ1v) is 40.4. The lowest BCUT2D eigenvalue weighted by Crippen LogP contribution is -2.60. The highest BCUT2D eigenvalue weighted by Crippen LogP contribution is 2.24. The smallest absolute Gasteiger partial charge is 0.220 e. The van der Waals surface area contributed by atoms with Crippen molar-refractivity contribution in [1.29, 1.82) is 0 Å². The number of nitrogens with one attached hydrogen (secondary N) is 1.